The molecule has 0 aliphatic heterocycles. The maximum absolute atomic E-state index is 10.7. The third-order valence-corrected chi connectivity index (χ3v) is 3.61. The van der Waals surface area contributed by atoms with Gasteiger partial charge in [-0.3, -0.25) is 10.1 Å². The summed E-state index contributed by atoms with van der Waals surface area (Å²) in [4.78, 5) is 14.6. The molecule has 0 bridgehead atoms. The normalized spacial score (nSPS) is 15.7. The molecule has 0 radical (unpaired) electrons. The number of hydrogen-bond acceptors (Lipinski definition) is 5. The van der Waals surface area contributed by atoms with Gasteiger partial charge in [0, 0.05) is 11.6 Å². The predicted octanol–water partition coefficient (Wildman–Crippen LogP) is 3.34. The molecular formula is C13H15N3O3. The van der Waals surface area contributed by atoms with Crippen molar-refractivity contribution in [2.75, 3.05) is 5.32 Å². The highest BCUT2D eigenvalue weighted by molar-refractivity contribution is 5.77. The molecule has 6 nitrogen and oxygen atoms in total. The molecule has 6 heteroatoms. The highest BCUT2D eigenvalue weighted by Crippen LogP contribution is 2.41. The topological polar surface area (TPSA) is 81.2 Å². The first kappa shape index (κ1) is 12.0. The zero-order valence-corrected chi connectivity index (χ0v) is 10.8. The van der Waals surface area contributed by atoms with Crippen LogP contribution >= 0.6 is 0 Å². The van der Waals surface area contributed by atoms with E-state index in [1.807, 2.05) is 0 Å². The minimum absolute atomic E-state index is 0.0108. The standard InChI is InChI=1S/C13H15N3O3/c1-13(2,8-3-4-8)15-12-14-10-6-5-9(16(17)18)7-11(10)19-12/h5-8H,3-4H2,1-2H3,(H,14,15). The molecule has 1 aliphatic carbocycles. The molecule has 100 valence electrons. The van der Waals surface area contributed by atoms with Crippen LogP contribution in [0.3, 0.4) is 0 Å². The lowest BCUT2D eigenvalue weighted by atomic mass is 9.99. The van der Waals surface area contributed by atoms with E-state index in [0.29, 0.717) is 23.0 Å². The predicted molar refractivity (Wildman–Crippen MR) is 71.1 cm³/mol. The fourth-order valence-electron chi connectivity index (χ4n) is 2.26. The summed E-state index contributed by atoms with van der Waals surface area (Å²) in [5, 5.41) is 14.0. The number of oxazole rings is 1. The van der Waals surface area contributed by atoms with Gasteiger partial charge in [0.05, 0.1) is 11.0 Å². The average molecular weight is 261 g/mol. The number of fused-ring (bicyclic) bond motifs is 1. The summed E-state index contributed by atoms with van der Waals surface area (Å²) in [5.41, 5.74) is 1.01. The molecular weight excluding hydrogens is 246 g/mol. The van der Waals surface area contributed by atoms with Gasteiger partial charge in [0.1, 0.15) is 5.52 Å². The third kappa shape index (κ3) is 2.25. The van der Waals surface area contributed by atoms with E-state index in [4.69, 9.17) is 4.42 Å². The van der Waals surface area contributed by atoms with Crippen molar-refractivity contribution in [1.82, 2.24) is 4.98 Å². The van der Waals surface area contributed by atoms with E-state index in [1.54, 1.807) is 6.07 Å². The minimum atomic E-state index is -0.441. The summed E-state index contributed by atoms with van der Waals surface area (Å²) >= 11 is 0. The first-order chi connectivity index (χ1) is 8.95. The van der Waals surface area contributed by atoms with Crippen molar-refractivity contribution in [1.29, 1.82) is 0 Å². The Hall–Kier alpha value is -2.11. The highest BCUT2D eigenvalue weighted by atomic mass is 16.6. The number of rotatable bonds is 4. The maximum Gasteiger partial charge on any atom is 0.296 e. The van der Waals surface area contributed by atoms with Gasteiger partial charge in [-0.15, -0.1) is 0 Å². The number of benzene rings is 1. The van der Waals surface area contributed by atoms with E-state index >= 15 is 0 Å². The zero-order valence-electron chi connectivity index (χ0n) is 10.8. The van der Waals surface area contributed by atoms with Gasteiger partial charge in [0.25, 0.3) is 11.7 Å². The van der Waals surface area contributed by atoms with Crippen LogP contribution in [0.15, 0.2) is 22.6 Å². The molecule has 0 amide bonds. The van der Waals surface area contributed by atoms with Crippen molar-refractivity contribution in [3.63, 3.8) is 0 Å². The van der Waals surface area contributed by atoms with E-state index in [9.17, 15) is 10.1 Å². The molecule has 2 aromatic rings. The number of hydrogen-bond donors (Lipinski definition) is 1. The number of nitrogens with zero attached hydrogens (tertiary/aromatic N) is 2. The molecule has 1 aromatic heterocycles. The number of aromatic nitrogens is 1. The molecule has 0 unspecified atom stereocenters. The summed E-state index contributed by atoms with van der Waals surface area (Å²) in [6, 6.07) is 4.86. The molecule has 0 spiro atoms. The lowest BCUT2D eigenvalue weighted by molar-refractivity contribution is -0.384. The number of anilines is 1. The van der Waals surface area contributed by atoms with Gasteiger partial charge < -0.3 is 9.73 Å². The van der Waals surface area contributed by atoms with Crippen LogP contribution in [0, 0.1) is 16.0 Å². The van der Waals surface area contributed by atoms with Crippen LogP contribution in [-0.4, -0.2) is 15.4 Å². The largest absolute Gasteiger partial charge is 0.423 e. The second-order valence-electron chi connectivity index (χ2n) is 5.55. The number of nitro benzene ring substituents is 1. The molecule has 1 aliphatic rings. The summed E-state index contributed by atoms with van der Waals surface area (Å²) in [7, 11) is 0. The molecule has 0 atom stereocenters. The first-order valence-electron chi connectivity index (χ1n) is 6.29. The van der Waals surface area contributed by atoms with Crippen molar-refractivity contribution >= 4 is 22.8 Å². The number of nitrogens with one attached hydrogen (secondary N) is 1. The van der Waals surface area contributed by atoms with Crippen LogP contribution in [0.4, 0.5) is 11.7 Å². The minimum Gasteiger partial charge on any atom is -0.423 e. The fourth-order valence-corrected chi connectivity index (χ4v) is 2.26. The van der Waals surface area contributed by atoms with Gasteiger partial charge >= 0.3 is 0 Å². The van der Waals surface area contributed by atoms with Crippen LogP contribution in [0.2, 0.25) is 0 Å². The van der Waals surface area contributed by atoms with E-state index in [0.717, 1.165) is 0 Å². The summed E-state index contributed by atoms with van der Waals surface area (Å²) in [5.74, 6) is 0.636. The maximum atomic E-state index is 10.7. The van der Waals surface area contributed by atoms with Gasteiger partial charge in [-0.05, 0) is 38.7 Å². The number of non-ortho nitro benzene ring substituents is 1. The second kappa shape index (κ2) is 3.94. The van der Waals surface area contributed by atoms with Gasteiger partial charge in [-0.2, -0.15) is 4.98 Å². The summed E-state index contributed by atoms with van der Waals surface area (Å²) in [6.45, 7) is 4.23. The van der Waals surface area contributed by atoms with Crippen LogP contribution < -0.4 is 5.32 Å². The van der Waals surface area contributed by atoms with Crippen LogP contribution in [0.5, 0.6) is 0 Å². The summed E-state index contributed by atoms with van der Waals surface area (Å²) in [6.07, 6.45) is 2.43. The molecule has 1 N–H and O–H groups in total. The Balaban J connectivity index is 1.91. The van der Waals surface area contributed by atoms with Crippen molar-refractivity contribution in [3.05, 3.63) is 28.3 Å². The van der Waals surface area contributed by atoms with Crippen molar-refractivity contribution < 1.29 is 9.34 Å². The molecule has 1 fully saturated rings. The van der Waals surface area contributed by atoms with Crippen molar-refractivity contribution in [2.24, 2.45) is 5.92 Å². The van der Waals surface area contributed by atoms with E-state index in [1.165, 1.54) is 25.0 Å². The molecule has 1 saturated carbocycles. The van der Waals surface area contributed by atoms with Crippen LogP contribution in [-0.2, 0) is 0 Å². The summed E-state index contributed by atoms with van der Waals surface area (Å²) < 4.78 is 5.55. The van der Waals surface area contributed by atoms with Crippen molar-refractivity contribution in [2.45, 2.75) is 32.2 Å². The van der Waals surface area contributed by atoms with Gasteiger partial charge in [0.15, 0.2) is 5.58 Å². The number of nitro groups is 1. The lowest BCUT2D eigenvalue weighted by Crippen LogP contribution is -2.33. The van der Waals surface area contributed by atoms with E-state index in [-0.39, 0.29) is 11.2 Å². The van der Waals surface area contributed by atoms with Gasteiger partial charge in [-0.25, -0.2) is 0 Å². The Bertz CT molecular complexity index is 644. The second-order valence-corrected chi connectivity index (χ2v) is 5.55. The van der Waals surface area contributed by atoms with Gasteiger partial charge in [-0.1, -0.05) is 0 Å². The SMILES string of the molecule is CC(C)(Nc1nc2ccc([N+](=O)[O-])cc2o1)C1CC1. The molecule has 1 aromatic carbocycles. The zero-order chi connectivity index (χ0) is 13.6. The quantitative estimate of drug-likeness (QED) is 0.674. The molecule has 1 heterocycles. The molecule has 0 saturated heterocycles. The Kier molecular flexibility index (Phi) is 2.48. The van der Waals surface area contributed by atoms with Crippen LogP contribution in [0.1, 0.15) is 26.7 Å². The smallest absolute Gasteiger partial charge is 0.296 e. The van der Waals surface area contributed by atoms with Crippen molar-refractivity contribution in [3.8, 4) is 0 Å². The Labute approximate surface area is 110 Å². The molecule has 3 rings (SSSR count). The Morgan fingerprint density at radius 3 is 2.84 bits per heavy atom. The highest BCUT2D eigenvalue weighted by Gasteiger charge is 2.38. The van der Waals surface area contributed by atoms with E-state index < -0.39 is 4.92 Å². The first-order valence-corrected chi connectivity index (χ1v) is 6.29. The third-order valence-electron chi connectivity index (χ3n) is 3.61. The Morgan fingerprint density at radius 2 is 2.21 bits per heavy atom. The van der Waals surface area contributed by atoms with E-state index in [2.05, 4.69) is 24.1 Å². The Morgan fingerprint density at radius 1 is 1.47 bits per heavy atom. The van der Waals surface area contributed by atoms with Gasteiger partial charge in [0.2, 0.25) is 0 Å². The molecule has 19 heavy (non-hydrogen) atoms. The monoisotopic (exact) mass is 261 g/mol. The fraction of sp³-hybridized carbons (Fsp3) is 0.462. The average Bonchev–Trinajstić information content (AvgIpc) is 3.10. The van der Waals surface area contributed by atoms with Crippen LogP contribution in [0.25, 0.3) is 11.1 Å². The lowest BCUT2D eigenvalue weighted by Gasteiger charge is -2.24.